The number of anilines is 1. The van der Waals surface area contributed by atoms with Gasteiger partial charge < -0.3 is 16.0 Å². The van der Waals surface area contributed by atoms with Gasteiger partial charge in [0.1, 0.15) is 6.54 Å². The highest BCUT2D eigenvalue weighted by atomic mass is 35.5. The lowest BCUT2D eigenvalue weighted by atomic mass is 10.1. The third-order valence-electron chi connectivity index (χ3n) is 3.58. The third-order valence-corrected chi connectivity index (χ3v) is 3.58. The van der Waals surface area contributed by atoms with Crippen molar-refractivity contribution in [1.82, 2.24) is 10.6 Å². The number of carbonyl (C=O) groups excluding carboxylic acids is 2. The third kappa shape index (κ3) is 5.68. The maximum Gasteiger partial charge on any atom is 0.405 e. The van der Waals surface area contributed by atoms with Gasteiger partial charge in [-0.05, 0) is 44.0 Å². The number of hydrogen-bond donors (Lipinski definition) is 3. The quantitative estimate of drug-likeness (QED) is 0.767. The molecule has 1 aliphatic rings. The van der Waals surface area contributed by atoms with Crippen molar-refractivity contribution >= 4 is 29.9 Å². The smallest absolute Gasteiger partial charge is 0.343 e. The van der Waals surface area contributed by atoms with E-state index in [1.807, 2.05) is 0 Å². The zero-order chi connectivity index (χ0) is 17.0. The normalized spacial score (nSPS) is 17.1. The van der Waals surface area contributed by atoms with E-state index in [9.17, 15) is 22.8 Å². The molecule has 1 unspecified atom stereocenters. The molecule has 1 aliphatic heterocycles. The Balaban J connectivity index is 0.00000288. The molecule has 0 aromatic heterocycles. The lowest BCUT2D eigenvalue weighted by Crippen LogP contribution is -2.36. The van der Waals surface area contributed by atoms with Crippen LogP contribution in [0.25, 0.3) is 0 Å². The minimum absolute atomic E-state index is 0. The van der Waals surface area contributed by atoms with Gasteiger partial charge >= 0.3 is 6.18 Å². The van der Waals surface area contributed by atoms with Gasteiger partial charge in [0.2, 0.25) is 5.91 Å². The number of carbonyl (C=O) groups is 2. The van der Waals surface area contributed by atoms with Gasteiger partial charge in [0, 0.05) is 11.3 Å². The van der Waals surface area contributed by atoms with Crippen molar-refractivity contribution in [3.8, 4) is 0 Å². The molecule has 0 aliphatic carbocycles. The van der Waals surface area contributed by atoms with Gasteiger partial charge in [-0.2, -0.15) is 13.2 Å². The molecule has 1 atom stereocenters. The van der Waals surface area contributed by atoms with Crippen LogP contribution in [0.5, 0.6) is 0 Å². The van der Waals surface area contributed by atoms with Crippen molar-refractivity contribution in [2.45, 2.75) is 32.0 Å². The predicted molar refractivity (Wildman–Crippen MR) is 86.5 cm³/mol. The van der Waals surface area contributed by atoms with E-state index in [0.717, 1.165) is 24.9 Å². The number of aryl methyl sites for hydroxylation is 1. The second-order valence-electron chi connectivity index (χ2n) is 5.47. The first-order valence-electron chi connectivity index (χ1n) is 7.26. The standard InChI is InChI=1S/C15H18F3N3O2.ClH/c1-9-4-5-10(13(22)20-8-15(16,17)18)7-12(9)21-14(23)11-3-2-6-19-11;/h4-5,7,11,19H,2-3,6,8H2,1H3,(H,20,22)(H,21,23);1H. The van der Waals surface area contributed by atoms with E-state index in [-0.39, 0.29) is 29.9 Å². The molecule has 2 rings (SSSR count). The fourth-order valence-corrected chi connectivity index (χ4v) is 2.31. The van der Waals surface area contributed by atoms with Crippen molar-refractivity contribution in [3.05, 3.63) is 29.3 Å². The van der Waals surface area contributed by atoms with Crippen LogP contribution < -0.4 is 16.0 Å². The fraction of sp³-hybridized carbons (Fsp3) is 0.467. The maximum absolute atomic E-state index is 12.1. The molecule has 1 fully saturated rings. The second kappa shape index (κ2) is 8.34. The summed E-state index contributed by atoms with van der Waals surface area (Å²) in [6.07, 6.45) is -2.82. The molecule has 3 N–H and O–H groups in total. The highest BCUT2D eigenvalue weighted by Gasteiger charge is 2.28. The largest absolute Gasteiger partial charge is 0.405 e. The molecule has 1 saturated heterocycles. The second-order valence-corrected chi connectivity index (χ2v) is 5.47. The van der Waals surface area contributed by atoms with Crippen molar-refractivity contribution < 1.29 is 22.8 Å². The van der Waals surface area contributed by atoms with E-state index >= 15 is 0 Å². The number of rotatable bonds is 4. The Morgan fingerprint density at radius 3 is 2.62 bits per heavy atom. The van der Waals surface area contributed by atoms with E-state index in [1.54, 1.807) is 18.3 Å². The van der Waals surface area contributed by atoms with Gasteiger partial charge in [-0.15, -0.1) is 12.4 Å². The Hall–Kier alpha value is -1.80. The van der Waals surface area contributed by atoms with Gasteiger partial charge in [-0.3, -0.25) is 9.59 Å². The molecule has 24 heavy (non-hydrogen) atoms. The zero-order valence-electron chi connectivity index (χ0n) is 13.0. The lowest BCUT2D eigenvalue weighted by molar-refractivity contribution is -0.123. The Kier molecular flexibility index (Phi) is 7.04. The molecule has 0 bridgehead atoms. The minimum Gasteiger partial charge on any atom is -0.343 e. The molecule has 2 amide bonds. The van der Waals surface area contributed by atoms with Gasteiger partial charge in [0.05, 0.1) is 6.04 Å². The molecule has 1 aromatic rings. The summed E-state index contributed by atoms with van der Waals surface area (Å²) in [4.78, 5) is 23.8. The molecule has 134 valence electrons. The van der Waals surface area contributed by atoms with Crippen LogP contribution in [-0.2, 0) is 4.79 Å². The summed E-state index contributed by atoms with van der Waals surface area (Å²) in [7, 11) is 0. The molecule has 0 radical (unpaired) electrons. The molecule has 1 heterocycles. The van der Waals surface area contributed by atoms with E-state index < -0.39 is 18.6 Å². The molecular weight excluding hydrogens is 347 g/mol. The SMILES string of the molecule is Cc1ccc(C(=O)NCC(F)(F)F)cc1NC(=O)C1CCCN1.Cl. The highest BCUT2D eigenvalue weighted by Crippen LogP contribution is 2.19. The minimum atomic E-state index is -4.47. The number of benzene rings is 1. The van der Waals surface area contributed by atoms with Crippen molar-refractivity contribution in [3.63, 3.8) is 0 Å². The van der Waals surface area contributed by atoms with Crippen LogP contribution in [0.15, 0.2) is 18.2 Å². The first kappa shape index (κ1) is 20.2. The van der Waals surface area contributed by atoms with E-state index in [1.165, 1.54) is 12.1 Å². The lowest BCUT2D eigenvalue weighted by Gasteiger charge is -2.14. The average molecular weight is 366 g/mol. The summed E-state index contributed by atoms with van der Waals surface area (Å²) in [5, 5.41) is 7.58. The number of amides is 2. The Morgan fingerprint density at radius 2 is 2.04 bits per heavy atom. The van der Waals surface area contributed by atoms with E-state index in [4.69, 9.17) is 0 Å². The number of halogens is 4. The molecule has 0 saturated carbocycles. The molecule has 5 nitrogen and oxygen atoms in total. The summed E-state index contributed by atoms with van der Waals surface area (Å²) in [6.45, 7) is 1.12. The van der Waals surface area contributed by atoms with Crippen LogP contribution in [0.1, 0.15) is 28.8 Å². The average Bonchev–Trinajstić information content (AvgIpc) is 3.00. The highest BCUT2D eigenvalue weighted by molar-refractivity contribution is 5.99. The van der Waals surface area contributed by atoms with Crippen LogP contribution in [0.2, 0.25) is 0 Å². The van der Waals surface area contributed by atoms with Crippen molar-refractivity contribution in [2.75, 3.05) is 18.4 Å². The topological polar surface area (TPSA) is 70.2 Å². The Morgan fingerprint density at radius 1 is 1.33 bits per heavy atom. The first-order chi connectivity index (χ1) is 10.8. The van der Waals surface area contributed by atoms with Crippen LogP contribution in [-0.4, -0.2) is 37.1 Å². The predicted octanol–water partition coefficient (Wildman–Crippen LogP) is 2.40. The number of hydrogen-bond acceptors (Lipinski definition) is 3. The summed E-state index contributed by atoms with van der Waals surface area (Å²) in [5.74, 6) is -1.05. The van der Waals surface area contributed by atoms with Crippen LogP contribution in [0, 0.1) is 6.92 Å². The van der Waals surface area contributed by atoms with Crippen molar-refractivity contribution in [1.29, 1.82) is 0 Å². The van der Waals surface area contributed by atoms with Crippen LogP contribution in [0.4, 0.5) is 18.9 Å². The Bertz CT molecular complexity index is 602. The summed E-state index contributed by atoms with van der Waals surface area (Å²) < 4.78 is 36.4. The molecule has 9 heteroatoms. The first-order valence-corrected chi connectivity index (χ1v) is 7.26. The van der Waals surface area contributed by atoms with Gasteiger partial charge in [-0.1, -0.05) is 6.07 Å². The fourth-order valence-electron chi connectivity index (χ4n) is 2.31. The summed E-state index contributed by atoms with van der Waals surface area (Å²) >= 11 is 0. The van der Waals surface area contributed by atoms with Crippen LogP contribution in [0.3, 0.4) is 0 Å². The zero-order valence-corrected chi connectivity index (χ0v) is 13.8. The Labute approximate surface area is 143 Å². The molecular formula is C15H19ClF3N3O2. The van der Waals surface area contributed by atoms with Gasteiger partial charge in [-0.25, -0.2) is 0 Å². The number of nitrogens with one attached hydrogen (secondary N) is 3. The van der Waals surface area contributed by atoms with E-state index in [0.29, 0.717) is 5.69 Å². The van der Waals surface area contributed by atoms with Gasteiger partial charge in [0.25, 0.3) is 5.91 Å². The van der Waals surface area contributed by atoms with Crippen molar-refractivity contribution in [2.24, 2.45) is 0 Å². The molecule has 0 spiro atoms. The number of alkyl halides is 3. The van der Waals surface area contributed by atoms with Gasteiger partial charge in [0.15, 0.2) is 0 Å². The summed E-state index contributed by atoms with van der Waals surface area (Å²) in [6, 6.07) is 4.11. The van der Waals surface area contributed by atoms with E-state index in [2.05, 4.69) is 10.6 Å². The van der Waals surface area contributed by atoms with Crippen LogP contribution >= 0.6 is 12.4 Å². The maximum atomic E-state index is 12.1. The molecule has 1 aromatic carbocycles. The summed E-state index contributed by atoms with van der Waals surface area (Å²) in [5.41, 5.74) is 1.21. The monoisotopic (exact) mass is 365 g/mol.